The van der Waals surface area contributed by atoms with Crippen LogP contribution in [0.15, 0.2) is 77.7 Å². The lowest BCUT2D eigenvalue weighted by Crippen LogP contribution is -2.26. The van der Waals surface area contributed by atoms with Crippen molar-refractivity contribution in [3.05, 3.63) is 88.5 Å². The maximum absolute atomic E-state index is 12.9. The Balaban J connectivity index is 1.83. The number of amides is 1. The van der Waals surface area contributed by atoms with Gasteiger partial charge in [0.15, 0.2) is 0 Å². The van der Waals surface area contributed by atoms with Crippen molar-refractivity contribution in [1.29, 1.82) is 0 Å². The summed E-state index contributed by atoms with van der Waals surface area (Å²) in [5, 5.41) is 13.5. The minimum atomic E-state index is -3.86. The fourth-order valence-corrected chi connectivity index (χ4v) is 3.98. The third-order valence-corrected chi connectivity index (χ3v) is 6.30. The number of nitro groups is 1. The molecule has 0 aromatic heterocycles. The summed E-state index contributed by atoms with van der Waals surface area (Å²) in [6.45, 7) is 0. The van der Waals surface area contributed by atoms with Crippen LogP contribution in [0.5, 0.6) is 5.75 Å². The van der Waals surface area contributed by atoms with E-state index in [0.717, 1.165) is 4.31 Å². The highest BCUT2D eigenvalue weighted by Crippen LogP contribution is 2.25. The van der Waals surface area contributed by atoms with E-state index >= 15 is 0 Å². The molecule has 0 saturated heterocycles. The first-order valence-corrected chi connectivity index (χ1v) is 10.5. The average molecular weight is 441 g/mol. The molecular formula is C21H19N3O6S. The molecule has 3 aromatic carbocycles. The molecule has 0 aliphatic carbocycles. The van der Waals surface area contributed by atoms with Crippen molar-refractivity contribution in [2.45, 2.75) is 4.90 Å². The molecule has 0 heterocycles. The van der Waals surface area contributed by atoms with Gasteiger partial charge in [0, 0.05) is 30.4 Å². The van der Waals surface area contributed by atoms with Gasteiger partial charge in [-0.05, 0) is 48.5 Å². The van der Waals surface area contributed by atoms with Crippen molar-refractivity contribution < 1.29 is 22.9 Å². The van der Waals surface area contributed by atoms with Gasteiger partial charge in [0.05, 0.1) is 22.6 Å². The third-order valence-electron chi connectivity index (χ3n) is 4.50. The molecule has 0 aliphatic heterocycles. The number of hydrogen-bond donors (Lipinski definition) is 1. The van der Waals surface area contributed by atoms with Crippen molar-refractivity contribution in [2.24, 2.45) is 0 Å². The maximum atomic E-state index is 12.9. The summed E-state index contributed by atoms with van der Waals surface area (Å²) in [5.74, 6) is -0.000913. The van der Waals surface area contributed by atoms with Gasteiger partial charge in [-0.3, -0.25) is 19.2 Å². The Bertz CT molecular complexity index is 1230. The Morgan fingerprint density at radius 1 is 1.03 bits per heavy atom. The zero-order valence-electron chi connectivity index (χ0n) is 16.7. The standard InChI is InChI=1S/C21H19N3O6S/c1-23(31(28,29)20-11-9-19(30-2)10-12-20)17-7-3-5-15(13-17)21(25)22-16-6-4-8-18(14-16)24(26)27/h3-14H,1-2H3,(H,22,25). The number of nitrogens with one attached hydrogen (secondary N) is 1. The Hall–Kier alpha value is -3.92. The summed E-state index contributed by atoms with van der Waals surface area (Å²) in [4.78, 5) is 23.0. The van der Waals surface area contributed by atoms with Crippen LogP contribution in [0, 0.1) is 10.1 Å². The average Bonchev–Trinajstić information content (AvgIpc) is 2.78. The summed E-state index contributed by atoms with van der Waals surface area (Å²) >= 11 is 0. The molecule has 0 bridgehead atoms. The fraction of sp³-hybridized carbons (Fsp3) is 0.0952. The number of benzene rings is 3. The number of carbonyl (C=O) groups is 1. The number of carbonyl (C=O) groups excluding carboxylic acids is 1. The minimum Gasteiger partial charge on any atom is -0.497 e. The molecule has 0 unspecified atom stereocenters. The molecule has 0 spiro atoms. The first-order chi connectivity index (χ1) is 14.7. The molecule has 1 amide bonds. The summed E-state index contributed by atoms with van der Waals surface area (Å²) < 4.78 is 32.0. The molecule has 0 atom stereocenters. The highest BCUT2D eigenvalue weighted by molar-refractivity contribution is 7.92. The van der Waals surface area contributed by atoms with Gasteiger partial charge in [0.25, 0.3) is 21.6 Å². The third kappa shape index (κ3) is 4.81. The molecule has 0 fully saturated rings. The molecule has 0 radical (unpaired) electrons. The SMILES string of the molecule is COc1ccc(S(=O)(=O)N(C)c2cccc(C(=O)Nc3cccc([N+](=O)[O-])c3)c2)cc1. The first kappa shape index (κ1) is 21.8. The number of nitro benzene ring substituents is 1. The van der Waals surface area contributed by atoms with E-state index in [9.17, 15) is 23.3 Å². The molecular weight excluding hydrogens is 422 g/mol. The first-order valence-electron chi connectivity index (χ1n) is 9.01. The van der Waals surface area contributed by atoms with Gasteiger partial charge >= 0.3 is 0 Å². The Morgan fingerprint density at radius 2 is 1.71 bits per heavy atom. The van der Waals surface area contributed by atoms with Gasteiger partial charge in [-0.1, -0.05) is 12.1 Å². The monoisotopic (exact) mass is 441 g/mol. The van der Waals surface area contributed by atoms with Gasteiger partial charge in [-0.25, -0.2) is 8.42 Å². The molecule has 3 rings (SSSR count). The molecule has 9 nitrogen and oxygen atoms in total. The lowest BCUT2D eigenvalue weighted by Gasteiger charge is -2.20. The Kier molecular flexibility index (Phi) is 6.21. The van der Waals surface area contributed by atoms with Crippen molar-refractivity contribution in [2.75, 3.05) is 23.8 Å². The summed E-state index contributed by atoms with van der Waals surface area (Å²) in [7, 11) is -0.990. The van der Waals surface area contributed by atoms with E-state index < -0.39 is 20.9 Å². The molecule has 0 aliphatic rings. The van der Waals surface area contributed by atoms with E-state index in [0.29, 0.717) is 5.75 Å². The van der Waals surface area contributed by atoms with E-state index in [1.165, 1.54) is 62.7 Å². The van der Waals surface area contributed by atoms with E-state index in [4.69, 9.17) is 4.74 Å². The highest BCUT2D eigenvalue weighted by atomic mass is 32.2. The molecule has 160 valence electrons. The van der Waals surface area contributed by atoms with E-state index in [1.54, 1.807) is 24.3 Å². The van der Waals surface area contributed by atoms with Crippen LogP contribution in [0.1, 0.15) is 10.4 Å². The predicted molar refractivity (Wildman–Crippen MR) is 116 cm³/mol. The predicted octanol–water partition coefficient (Wildman–Crippen LogP) is 3.68. The van der Waals surface area contributed by atoms with Crippen LogP contribution in [0.4, 0.5) is 17.1 Å². The van der Waals surface area contributed by atoms with Gasteiger partial charge in [0.1, 0.15) is 5.75 Å². The molecule has 31 heavy (non-hydrogen) atoms. The topological polar surface area (TPSA) is 119 Å². The van der Waals surface area contributed by atoms with Crippen molar-refractivity contribution in [3.8, 4) is 5.75 Å². The summed E-state index contributed by atoms with van der Waals surface area (Å²) in [5.41, 5.74) is 0.573. The zero-order chi connectivity index (χ0) is 22.6. The highest BCUT2D eigenvalue weighted by Gasteiger charge is 2.22. The Morgan fingerprint density at radius 3 is 2.35 bits per heavy atom. The lowest BCUT2D eigenvalue weighted by atomic mass is 10.2. The molecule has 0 saturated carbocycles. The number of sulfonamides is 1. The van der Waals surface area contributed by atoms with Crippen molar-refractivity contribution in [1.82, 2.24) is 0 Å². The van der Waals surface area contributed by atoms with Gasteiger partial charge in [-0.15, -0.1) is 0 Å². The second-order valence-electron chi connectivity index (χ2n) is 6.46. The smallest absolute Gasteiger partial charge is 0.271 e. The largest absolute Gasteiger partial charge is 0.497 e. The van der Waals surface area contributed by atoms with Gasteiger partial charge in [0.2, 0.25) is 0 Å². The van der Waals surface area contributed by atoms with Crippen LogP contribution in [-0.4, -0.2) is 33.4 Å². The van der Waals surface area contributed by atoms with Crippen LogP contribution in [0.25, 0.3) is 0 Å². The van der Waals surface area contributed by atoms with Crippen molar-refractivity contribution in [3.63, 3.8) is 0 Å². The number of ether oxygens (including phenoxy) is 1. The molecule has 1 N–H and O–H groups in total. The van der Waals surface area contributed by atoms with Crippen molar-refractivity contribution >= 4 is 33.0 Å². The van der Waals surface area contributed by atoms with E-state index in [2.05, 4.69) is 5.32 Å². The second kappa shape index (κ2) is 8.84. The van der Waals surface area contributed by atoms with Gasteiger partial charge < -0.3 is 10.1 Å². The molecule has 3 aromatic rings. The number of nitrogens with zero attached hydrogens (tertiary/aromatic N) is 2. The van der Waals surface area contributed by atoms with Gasteiger partial charge in [-0.2, -0.15) is 0 Å². The minimum absolute atomic E-state index is 0.0715. The normalized spacial score (nSPS) is 10.9. The molecule has 10 heteroatoms. The van der Waals surface area contributed by atoms with E-state index in [1.807, 2.05) is 0 Å². The van der Waals surface area contributed by atoms with E-state index in [-0.39, 0.29) is 27.5 Å². The fourth-order valence-electron chi connectivity index (χ4n) is 2.79. The number of rotatable bonds is 7. The number of hydrogen-bond acceptors (Lipinski definition) is 6. The van der Waals surface area contributed by atoms with Crippen LogP contribution in [0.2, 0.25) is 0 Å². The van der Waals surface area contributed by atoms with Crippen LogP contribution in [0.3, 0.4) is 0 Å². The zero-order valence-corrected chi connectivity index (χ0v) is 17.5. The summed E-state index contributed by atoms with van der Waals surface area (Å²) in [6, 6.07) is 17.5. The Labute approximate surface area is 179 Å². The van der Waals surface area contributed by atoms with Crippen LogP contribution in [-0.2, 0) is 10.0 Å². The summed E-state index contributed by atoms with van der Waals surface area (Å²) in [6.07, 6.45) is 0. The van der Waals surface area contributed by atoms with Crippen LogP contribution < -0.4 is 14.4 Å². The second-order valence-corrected chi connectivity index (χ2v) is 8.43. The van der Waals surface area contributed by atoms with Crippen LogP contribution >= 0.6 is 0 Å². The number of non-ortho nitro benzene ring substituents is 1. The number of methoxy groups -OCH3 is 1. The number of anilines is 2. The quantitative estimate of drug-likeness (QED) is 0.441. The lowest BCUT2D eigenvalue weighted by molar-refractivity contribution is -0.384. The maximum Gasteiger partial charge on any atom is 0.271 e.